The Morgan fingerprint density at radius 2 is 1.76 bits per heavy atom. The molecule has 29 heavy (non-hydrogen) atoms. The van der Waals surface area contributed by atoms with Crippen LogP contribution in [0.15, 0.2) is 72.8 Å². The third-order valence-corrected chi connectivity index (χ3v) is 4.86. The fourth-order valence-electron chi connectivity index (χ4n) is 3.51. The summed E-state index contributed by atoms with van der Waals surface area (Å²) in [5.41, 5.74) is 4.37. The molecule has 1 heterocycles. The normalized spacial score (nSPS) is 10.9. The summed E-state index contributed by atoms with van der Waals surface area (Å²) in [5, 5.41) is 9.38. The van der Waals surface area contributed by atoms with E-state index in [0.717, 1.165) is 29.0 Å². The third kappa shape index (κ3) is 3.99. The molecule has 0 aliphatic rings. The second-order valence-corrected chi connectivity index (χ2v) is 6.83. The summed E-state index contributed by atoms with van der Waals surface area (Å²) in [6.07, 6.45) is 0.585. The molecule has 0 radical (unpaired) electrons. The van der Waals surface area contributed by atoms with Gasteiger partial charge in [0.05, 0.1) is 17.6 Å². The lowest BCUT2D eigenvalue weighted by atomic mass is 10.1. The van der Waals surface area contributed by atoms with Crippen LogP contribution in [0.25, 0.3) is 11.0 Å². The Labute approximate surface area is 169 Å². The molecule has 5 heteroatoms. The molecule has 1 N–H and O–H groups in total. The van der Waals surface area contributed by atoms with Gasteiger partial charge in [0.2, 0.25) is 0 Å². The number of carboxylic acid groups (broad SMARTS) is 1. The van der Waals surface area contributed by atoms with Gasteiger partial charge in [-0.25, -0.2) is 9.78 Å². The van der Waals surface area contributed by atoms with Crippen molar-refractivity contribution in [2.45, 2.75) is 19.9 Å². The van der Waals surface area contributed by atoms with Crippen LogP contribution in [0.3, 0.4) is 0 Å². The number of rotatable bonds is 7. The quantitative estimate of drug-likeness (QED) is 0.497. The van der Waals surface area contributed by atoms with Gasteiger partial charge in [-0.05, 0) is 42.3 Å². The largest absolute Gasteiger partial charge is 0.493 e. The zero-order valence-corrected chi connectivity index (χ0v) is 16.2. The number of fused-ring (bicyclic) bond motifs is 1. The maximum Gasteiger partial charge on any atom is 0.339 e. The lowest BCUT2D eigenvalue weighted by Crippen LogP contribution is -2.07. The number of aromatic carboxylic acids is 1. The molecule has 0 saturated carbocycles. The van der Waals surface area contributed by atoms with Crippen LogP contribution in [0.5, 0.6) is 5.75 Å². The maximum absolute atomic E-state index is 11.4. The van der Waals surface area contributed by atoms with Crippen molar-refractivity contribution in [1.82, 2.24) is 9.55 Å². The number of imidazole rings is 1. The summed E-state index contributed by atoms with van der Waals surface area (Å²) in [6.45, 7) is 2.98. The number of nitrogens with zero attached hydrogens (tertiary/aromatic N) is 2. The van der Waals surface area contributed by atoms with E-state index in [1.165, 1.54) is 5.56 Å². The highest BCUT2D eigenvalue weighted by molar-refractivity contribution is 5.91. The fraction of sp³-hybridized carbons (Fsp3) is 0.167. The minimum Gasteiger partial charge on any atom is -0.493 e. The first-order valence-corrected chi connectivity index (χ1v) is 9.63. The van der Waals surface area contributed by atoms with Crippen LogP contribution in [0, 0.1) is 0 Å². The molecule has 0 saturated heterocycles. The molecule has 3 aromatic carbocycles. The van der Waals surface area contributed by atoms with Crippen molar-refractivity contribution in [1.29, 1.82) is 0 Å². The Balaban J connectivity index is 1.73. The highest BCUT2D eigenvalue weighted by Crippen LogP contribution is 2.25. The number of carboxylic acids is 1. The van der Waals surface area contributed by atoms with Gasteiger partial charge in [-0.15, -0.1) is 0 Å². The highest BCUT2D eigenvalue weighted by atomic mass is 16.5. The summed E-state index contributed by atoms with van der Waals surface area (Å²) in [5.74, 6) is 0.333. The van der Waals surface area contributed by atoms with E-state index in [2.05, 4.69) is 22.8 Å². The van der Waals surface area contributed by atoms with E-state index in [9.17, 15) is 9.90 Å². The molecule has 0 aliphatic carbocycles. The minimum atomic E-state index is -0.990. The predicted octanol–water partition coefficient (Wildman–Crippen LogP) is 4.77. The number of para-hydroxylation sites is 2. The average molecular weight is 386 g/mol. The van der Waals surface area contributed by atoms with Crippen LogP contribution in [0.1, 0.15) is 34.2 Å². The van der Waals surface area contributed by atoms with E-state index >= 15 is 0 Å². The number of hydrogen-bond acceptors (Lipinski definition) is 3. The van der Waals surface area contributed by atoms with Crippen molar-refractivity contribution >= 4 is 17.0 Å². The first kappa shape index (κ1) is 18.7. The van der Waals surface area contributed by atoms with Crippen molar-refractivity contribution in [2.24, 2.45) is 0 Å². The van der Waals surface area contributed by atoms with E-state index in [-0.39, 0.29) is 5.56 Å². The van der Waals surface area contributed by atoms with Crippen LogP contribution < -0.4 is 4.74 Å². The Bertz CT molecular complexity index is 1150. The maximum atomic E-state index is 11.4. The summed E-state index contributed by atoms with van der Waals surface area (Å²) in [4.78, 5) is 16.3. The molecule has 5 nitrogen and oxygen atoms in total. The van der Waals surface area contributed by atoms with Gasteiger partial charge >= 0.3 is 5.97 Å². The van der Waals surface area contributed by atoms with Gasteiger partial charge in [-0.3, -0.25) is 0 Å². The van der Waals surface area contributed by atoms with Gasteiger partial charge < -0.3 is 14.4 Å². The molecule has 1 aromatic heterocycles. The van der Waals surface area contributed by atoms with Crippen molar-refractivity contribution < 1.29 is 14.6 Å². The topological polar surface area (TPSA) is 64.4 Å². The van der Waals surface area contributed by atoms with Gasteiger partial charge in [-0.1, -0.05) is 48.5 Å². The summed E-state index contributed by atoms with van der Waals surface area (Å²) in [7, 11) is 0. The number of carbonyl (C=O) groups is 1. The zero-order valence-electron chi connectivity index (χ0n) is 16.2. The monoisotopic (exact) mass is 386 g/mol. The SMILES string of the molecule is CCOc1cc(Cc2nc3ccccc3n2Cc2ccccc2)ccc1C(=O)O. The molecule has 0 amide bonds. The molecule has 0 aliphatic heterocycles. The molecule has 0 atom stereocenters. The Morgan fingerprint density at radius 3 is 2.52 bits per heavy atom. The Morgan fingerprint density at radius 1 is 1.00 bits per heavy atom. The van der Waals surface area contributed by atoms with Crippen molar-refractivity contribution in [3.8, 4) is 5.75 Å². The highest BCUT2D eigenvalue weighted by Gasteiger charge is 2.15. The Kier molecular flexibility index (Phi) is 5.29. The molecule has 4 rings (SSSR count). The van der Waals surface area contributed by atoms with Crippen molar-refractivity contribution in [3.63, 3.8) is 0 Å². The predicted molar refractivity (Wildman–Crippen MR) is 113 cm³/mol. The van der Waals surface area contributed by atoms with Crippen LogP contribution >= 0.6 is 0 Å². The van der Waals surface area contributed by atoms with E-state index in [4.69, 9.17) is 9.72 Å². The molecular weight excluding hydrogens is 364 g/mol. The van der Waals surface area contributed by atoms with Gasteiger partial charge in [0.15, 0.2) is 0 Å². The number of hydrogen-bond donors (Lipinski definition) is 1. The lowest BCUT2D eigenvalue weighted by molar-refractivity contribution is 0.0692. The molecule has 0 spiro atoms. The van der Waals surface area contributed by atoms with E-state index in [1.807, 2.05) is 49.4 Å². The molecule has 4 aromatic rings. The van der Waals surface area contributed by atoms with Gasteiger partial charge in [0.25, 0.3) is 0 Å². The van der Waals surface area contributed by atoms with Crippen LogP contribution in [0.4, 0.5) is 0 Å². The molecular formula is C24H22N2O3. The fourth-order valence-corrected chi connectivity index (χ4v) is 3.51. The Hall–Kier alpha value is -3.60. The molecule has 0 bridgehead atoms. The average Bonchev–Trinajstić information content (AvgIpc) is 3.06. The molecule has 0 fully saturated rings. The van der Waals surface area contributed by atoms with Crippen LogP contribution in [-0.4, -0.2) is 27.2 Å². The van der Waals surface area contributed by atoms with Crippen molar-refractivity contribution in [2.75, 3.05) is 6.61 Å². The smallest absolute Gasteiger partial charge is 0.339 e. The van der Waals surface area contributed by atoms with E-state index in [0.29, 0.717) is 18.8 Å². The third-order valence-electron chi connectivity index (χ3n) is 4.86. The van der Waals surface area contributed by atoms with Crippen LogP contribution in [-0.2, 0) is 13.0 Å². The second-order valence-electron chi connectivity index (χ2n) is 6.83. The van der Waals surface area contributed by atoms with Crippen LogP contribution in [0.2, 0.25) is 0 Å². The summed E-state index contributed by atoms with van der Waals surface area (Å²) in [6, 6.07) is 23.6. The summed E-state index contributed by atoms with van der Waals surface area (Å²) >= 11 is 0. The van der Waals surface area contributed by atoms with Gasteiger partial charge in [-0.2, -0.15) is 0 Å². The standard InChI is InChI=1S/C24H22N2O3/c1-2-29-22-14-18(12-13-19(22)24(27)28)15-23-25-20-10-6-7-11-21(20)26(23)16-17-8-4-3-5-9-17/h3-14H,2,15-16H2,1H3,(H,27,28). The van der Waals surface area contributed by atoms with Gasteiger partial charge in [0.1, 0.15) is 17.1 Å². The van der Waals surface area contributed by atoms with E-state index < -0.39 is 5.97 Å². The minimum absolute atomic E-state index is 0.174. The first-order valence-electron chi connectivity index (χ1n) is 9.63. The van der Waals surface area contributed by atoms with E-state index in [1.54, 1.807) is 12.1 Å². The lowest BCUT2D eigenvalue weighted by Gasteiger charge is -2.12. The summed E-state index contributed by atoms with van der Waals surface area (Å²) < 4.78 is 7.77. The van der Waals surface area contributed by atoms with Crippen molar-refractivity contribution in [3.05, 3.63) is 95.3 Å². The molecule has 146 valence electrons. The van der Waals surface area contributed by atoms with Gasteiger partial charge in [0, 0.05) is 13.0 Å². The first-order chi connectivity index (χ1) is 14.2. The number of aromatic nitrogens is 2. The number of benzene rings is 3. The molecule has 0 unspecified atom stereocenters. The number of ether oxygens (including phenoxy) is 1. The zero-order chi connectivity index (χ0) is 20.2. The second kappa shape index (κ2) is 8.19.